The summed E-state index contributed by atoms with van der Waals surface area (Å²) in [7, 11) is 0. The van der Waals surface area contributed by atoms with Crippen LogP contribution in [0.2, 0.25) is 0 Å². The molecular formula is C13H16F2N2O3. The number of rotatable bonds is 7. The lowest BCUT2D eigenvalue weighted by Crippen LogP contribution is -2.40. The normalized spacial score (nSPS) is 11.9. The number of hydrogen-bond acceptors (Lipinski definition) is 3. The number of nitrogens with one attached hydrogen (secondary N) is 2. The molecule has 1 aromatic carbocycles. The topological polar surface area (TPSA) is 78.4 Å². The van der Waals surface area contributed by atoms with Crippen LogP contribution in [0.3, 0.4) is 0 Å². The molecule has 0 radical (unpaired) electrons. The molecule has 0 fully saturated rings. The fourth-order valence-electron chi connectivity index (χ4n) is 1.54. The van der Waals surface area contributed by atoms with E-state index in [1.165, 1.54) is 0 Å². The van der Waals surface area contributed by atoms with E-state index in [0.29, 0.717) is 12.6 Å². The molecule has 20 heavy (non-hydrogen) atoms. The molecule has 0 spiro atoms. The molecule has 110 valence electrons. The maximum absolute atomic E-state index is 13.3. The third-order valence-electron chi connectivity index (χ3n) is 2.53. The summed E-state index contributed by atoms with van der Waals surface area (Å²) in [6, 6.07) is 1.68. The maximum Gasteiger partial charge on any atom is 0.321 e. The number of carbonyl (C=O) groups is 2. The number of carboxylic acid groups (broad SMARTS) is 1. The van der Waals surface area contributed by atoms with Crippen LogP contribution in [0.1, 0.15) is 19.8 Å². The van der Waals surface area contributed by atoms with Crippen LogP contribution in [0.4, 0.5) is 14.5 Å². The molecule has 1 aromatic rings. The third-order valence-corrected chi connectivity index (χ3v) is 2.53. The van der Waals surface area contributed by atoms with E-state index in [-0.39, 0.29) is 12.1 Å². The average Bonchev–Trinajstić information content (AvgIpc) is 2.37. The Kier molecular flexibility index (Phi) is 6.05. The standard InChI is InChI=1S/C13H16F2N2O3/c1-2-5-16-11(13(19)20)7-12(18)17-10-4-3-8(14)6-9(10)15/h3-4,6,11,16H,2,5,7H2,1H3,(H,17,18)(H,19,20). The molecule has 0 aliphatic carbocycles. The summed E-state index contributed by atoms with van der Waals surface area (Å²) < 4.78 is 26.0. The molecule has 1 rings (SSSR count). The Bertz CT molecular complexity index is 495. The van der Waals surface area contributed by atoms with E-state index in [9.17, 15) is 18.4 Å². The van der Waals surface area contributed by atoms with E-state index in [1.807, 2.05) is 6.92 Å². The summed E-state index contributed by atoms with van der Waals surface area (Å²) in [5, 5.41) is 13.9. The van der Waals surface area contributed by atoms with Crippen molar-refractivity contribution in [2.45, 2.75) is 25.8 Å². The third kappa shape index (κ3) is 4.93. The largest absolute Gasteiger partial charge is 0.480 e. The Morgan fingerprint density at radius 3 is 2.60 bits per heavy atom. The van der Waals surface area contributed by atoms with E-state index >= 15 is 0 Å². The summed E-state index contributed by atoms with van der Waals surface area (Å²) in [5.74, 6) is -3.49. The molecule has 5 nitrogen and oxygen atoms in total. The molecule has 1 amide bonds. The molecule has 1 unspecified atom stereocenters. The van der Waals surface area contributed by atoms with Gasteiger partial charge in [0.2, 0.25) is 5.91 Å². The summed E-state index contributed by atoms with van der Waals surface area (Å²) in [5.41, 5.74) is -0.184. The number of aliphatic carboxylic acids is 1. The smallest absolute Gasteiger partial charge is 0.321 e. The van der Waals surface area contributed by atoms with E-state index in [1.54, 1.807) is 0 Å². The first-order valence-electron chi connectivity index (χ1n) is 6.15. The Morgan fingerprint density at radius 1 is 1.35 bits per heavy atom. The first-order valence-corrected chi connectivity index (χ1v) is 6.15. The zero-order valence-corrected chi connectivity index (χ0v) is 11.0. The molecule has 0 saturated carbocycles. The van der Waals surface area contributed by atoms with Crippen LogP contribution in [0, 0.1) is 11.6 Å². The quantitative estimate of drug-likeness (QED) is 0.713. The van der Waals surface area contributed by atoms with Gasteiger partial charge in [-0.1, -0.05) is 6.92 Å². The summed E-state index contributed by atoms with van der Waals surface area (Å²) in [6.07, 6.45) is 0.379. The fraction of sp³-hybridized carbons (Fsp3) is 0.385. The van der Waals surface area contributed by atoms with Crippen molar-refractivity contribution in [1.29, 1.82) is 0 Å². The molecule has 0 aliphatic heterocycles. The lowest BCUT2D eigenvalue weighted by atomic mass is 10.2. The fourth-order valence-corrected chi connectivity index (χ4v) is 1.54. The molecule has 0 aromatic heterocycles. The van der Waals surface area contributed by atoms with E-state index in [0.717, 1.165) is 18.6 Å². The Hall–Kier alpha value is -2.02. The lowest BCUT2D eigenvalue weighted by molar-refractivity contribution is -0.141. The maximum atomic E-state index is 13.3. The van der Waals surface area contributed by atoms with Gasteiger partial charge in [-0.15, -0.1) is 0 Å². The summed E-state index contributed by atoms with van der Waals surface area (Å²) in [6.45, 7) is 2.31. The number of hydrogen-bond donors (Lipinski definition) is 3. The van der Waals surface area contributed by atoms with Gasteiger partial charge in [-0.2, -0.15) is 0 Å². The molecular weight excluding hydrogens is 270 g/mol. The predicted molar refractivity (Wildman–Crippen MR) is 69.3 cm³/mol. The molecule has 3 N–H and O–H groups in total. The second-order valence-electron chi connectivity index (χ2n) is 4.22. The van der Waals surface area contributed by atoms with Gasteiger partial charge >= 0.3 is 5.97 Å². The Labute approximate surface area is 115 Å². The lowest BCUT2D eigenvalue weighted by Gasteiger charge is -2.14. The van der Waals surface area contributed by atoms with Gasteiger partial charge in [0, 0.05) is 6.07 Å². The molecule has 7 heteroatoms. The van der Waals surface area contributed by atoms with Crippen LogP contribution in [0.5, 0.6) is 0 Å². The first kappa shape index (κ1) is 16.0. The zero-order valence-electron chi connectivity index (χ0n) is 11.0. The minimum Gasteiger partial charge on any atom is -0.480 e. The van der Waals surface area contributed by atoms with E-state index in [4.69, 9.17) is 5.11 Å². The second-order valence-corrected chi connectivity index (χ2v) is 4.22. The van der Waals surface area contributed by atoms with Crippen molar-refractivity contribution in [2.24, 2.45) is 0 Å². The highest BCUT2D eigenvalue weighted by Gasteiger charge is 2.20. The number of amides is 1. The van der Waals surface area contributed by atoms with Crippen molar-refractivity contribution in [1.82, 2.24) is 5.32 Å². The van der Waals surface area contributed by atoms with Gasteiger partial charge in [-0.25, -0.2) is 8.78 Å². The van der Waals surface area contributed by atoms with Gasteiger partial charge < -0.3 is 15.7 Å². The molecule has 0 aliphatic rings. The monoisotopic (exact) mass is 286 g/mol. The molecule has 1 atom stereocenters. The van der Waals surface area contributed by atoms with Crippen LogP contribution in [-0.2, 0) is 9.59 Å². The van der Waals surface area contributed by atoms with Crippen molar-refractivity contribution in [3.8, 4) is 0 Å². The number of carbonyl (C=O) groups excluding carboxylic acids is 1. The van der Waals surface area contributed by atoms with Gasteiger partial charge in [0.15, 0.2) is 0 Å². The van der Waals surface area contributed by atoms with Crippen molar-refractivity contribution >= 4 is 17.6 Å². The van der Waals surface area contributed by atoms with Crippen LogP contribution in [-0.4, -0.2) is 29.6 Å². The van der Waals surface area contributed by atoms with Crippen LogP contribution in [0.15, 0.2) is 18.2 Å². The highest BCUT2D eigenvalue weighted by atomic mass is 19.1. The predicted octanol–water partition coefficient (Wildman–Crippen LogP) is 1.75. The molecule has 0 bridgehead atoms. The van der Waals surface area contributed by atoms with Gasteiger partial charge in [0.25, 0.3) is 0 Å². The van der Waals surface area contributed by atoms with Gasteiger partial charge in [-0.05, 0) is 25.1 Å². The second kappa shape index (κ2) is 7.54. The van der Waals surface area contributed by atoms with Gasteiger partial charge in [0.05, 0.1) is 12.1 Å². The van der Waals surface area contributed by atoms with Crippen molar-refractivity contribution in [2.75, 3.05) is 11.9 Å². The van der Waals surface area contributed by atoms with Gasteiger partial charge in [-0.3, -0.25) is 9.59 Å². The average molecular weight is 286 g/mol. The van der Waals surface area contributed by atoms with E-state index in [2.05, 4.69) is 10.6 Å². The first-order chi connectivity index (χ1) is 9.43. The van der Waals surface area contributed by atoms with E-state index < -0.39 is 29.6 Å². The number of carboxylic acids is 1. The highest BCUT2D eigenvalue weighted by Crippen LogP contribution is 2.15. The van der Waals surface area contributed by atoms with Crippen molar-refractivity contribution < 1.29 is 23.5 Å². The molecule has 0 saturated heterocycles. The Balaban J connectivity index is 2.63. The Morgan fingerprint density at radius 2 is 2.05 bits per heavy atom. The SMILES string of the molecule is CCCNC(CC(=O)Nc1ccc(F)cc1F)C(=O)O. The van der Waals surface area contributed by atoms with Crippen molar-refractivity contribution in [3.05, 3.63) is 29.8 Å². The summed E-state index contributed by atoms with van der Waals surface area (Å²) >= 11 is 0. The zero-order chi connectivity index (χ0) is 15.1. The number of halogens is 2. The van der Waals surface area contributed by atoms with Crippen LogP contribution >= 0.6 is 0 Å². The highest BCUT2D eigenvalue weighted by molar-refractivity contribution is 5.94. The van der Waals surface area contributed by atoms with Crippen LogP contribution < -0.4 is 10.6 Å². The van der Waals surface area contributed by atoms with Crippen LogP contribution in [0.25, 0.3) is 0 Å². The molecule has 0 heterocycles. The minimum absolute atomic E-state index is 0.184. The number of anilines is 1. The number of benzene rings is 1. The van der Waals surface area contributed by atoms with Crippen molar-refractivity contribution in [3.63, 3.8) is 0 Å². The summed E-state index contributed by atoms with van der Waals surface area (Å²) in [4.78, 5) is 22.6. The minimum atomic E-state index is -1.16. The van der Waals surface area contributed by atoms with Gasteiger partial charge in [0.1, 0.15) is 17.7 Å².